The Morgan fingerprint density at radius 1 is 1.19 bits per heavy atom. The lowest BCUT2D eigenvalue weighted by atomic mass is 10.2. The summed E-state index contributed by atoms with van der Waals surface area (Å²) in [5.41, 5.74) is 2.65. The van der Waals surface area contributed by atoms with Crippen molar-refractivity contribution in [3.8, 4) is 0 Å². The Kier molecular flexibility index (Phi) is 6.28. The fourth-order valence-electron chi connectivity index (χ4n) is 2.97. The number of anilines is 1. The first-order chi connectivity index (χ1) is 14.7. The van der Waals surface area contributed by atoms with Crippen LogP contribution in [0.4, 0.5) is 11.4 Å². The van der Waals surface area contributed by atoms with E-state index in [1.807, 2.05) is 29.8 Å². The lowest BCUT2D eigenvalue weighted by Gasteiger charge is -2.09. The average molecular weight is 631 g/mol. The number of nitro groups is 1. The van der Waals surface area contributed by atoms with Crippen LogP contribution in [0.15, 0.2) is 48.9 Å². The Bertz CT molecular complexity index is 1350. The fourth-order valence-corrected chi connectivity index (χ4v) is 5.27. The predicted molar refractivity (Wildman–Crippen MR) is 129 cm³/mol. The highest BCUT2D eigenvalue weighted by Gasteiger charge is 2.17. The minimum absolute atomic E-state index is 0.0402. The van der Waals surface area contributed by atoms with E-state index in [4.69, 9.17) is 0 Å². The number of nitrogens with one attached hydrogen (secondary N) is 1. The summed E-state index contributed by atoms with van der Waals surface area (Å²) < 4.78 is 3.66. The average Bonchev–Trinajstić information content (AvgIpc) is 3.00. The number of fused-ring (bicyclic) bond motifs is 3. The van der Waals surface area contributed by atoms with Gasteiger partial charge in [0, 0.05) is 38.0 Å². The Morgan fingerprint density at radius 3 is 2.58 bits per heavy atom. The van der Waals surface area contributed by atoms with Crippen LogP contribution in [0.25, 0.3) is 22.1 Å². The molecule has 0 bridgehead atoms. The van der Waals surface area contributed by atoms with E-state index in [0.29, 0.717) is 31.0 Å². The molecule has 4 rings (SSSR count). The maximum Gasteiger partial charge on any atom is 0.271 e. The first kappa shape index (κ1) is 22.1. The van der Waals surface area contributed by atoms with Crippen molar-refractivity contribution in [3.63, 3.8) is 0 Å². The van der Waals surface area contributed by atoms with Crippen LogP contribution in [0.5, 0.6) is 0 Å². The topological polar surface area (TPSA) is 116 Å². The van der Waals surface area contributed by atoms with Crippen molar-refractivity contribution in [1.29, 1.82) is 0 Å². The van der Waals surface area contributed by atoms with Crippen molar-refractivity contribution in [3.05, 3.63) is 53.9 Å². The summed E-state index contributed by atoms with van der Waals surface area (Å²) in [5.74, 6) is -0.275. The van der Waals surface area contributed by atoms with Gasteiger partial charge < -0.3 is 9.88 Å². The largest absolute Gasteiger partial charge is 0.327 e. The van der Waals surface area contributed by atoms with Gasteiger partial charge in [0.2, 0.25) is 11.1 Å². The predicted octanol–water partition coefficient (Wildman–Crippen LogP) is 5.44. The molecule has 0 aliphatic heterocycles. The molecule has 0 spiro atoms. The molecule has 2 heterocycles. The SMILES string of the molecule is Cn1c2ccc(Br)cc2c2nnc(SCC(=O)Nc3c(Br)cc([N+](=O)[O-])cc3Br)nc21. The van der Waals surface area contributed by atoms with E-state index in [1.165, 1.54) is 12.1 Å². The van der Waals surface area contributed by atoms with Crippen LogP contribution in [0.3, 0.4) is 0 Å². The molecule has 0 atom stereocenters. The fraction of sp³-hybridized carbons (Fsp3) is 0.111. The van der Waals surface area contributed by atoms with E-state index in [-0.39, 0.29) is 17.3 Å². The zero-order valence-electron chi connectivity index (χ0n) is 15.6. The molecule has 0 fully saturated rings. The number of carbonyl (C=O) groups is 1. The number of hydrogen-bond donors (Lipinski definition) is 1. The molecule has 0 saturated carbocycles. The number of nitro benzene ring substituents is 1. The molecular weight excluding hydrogens is 620 g/mol. The second-order valence-corrected chi connectivity index (χ2v) is 9.93. The number of rotatable bonds is 5. The van der Waals surface area contributed by atoms with Gasteiger partial charge in [-0.25, -0.2) is 4.98 Å². The number of aryl methyl sites for hydroxylation is 1. The van der Waals surface area contributed by atoms with E-state index in [1.54, 1.807) is 0 Å². The van der Waals surface area contributed by atoms with Gasteiger partial charge >= 0.3 is 0 Å². The Balaban J connectivity index is 1.52. The summed E-state index contributed by atoms with van der Waals surface area (Å²) >= 11 is 11.1. The maximum absolute atomic E-state index is 12.4. The first-order valence-corrected chi connectivity index (χ1v) is 12.0. The lowest BCUT2D eigenvalue weighted by Crippen LogP contribution is -2.15. The van der Waals surface area contributed by atoms with Crippen LogP contribution in [0.1, 0.15) is 0 Å². The molecule has 13 heteroatoms. The molecule has 31 heavy (non-hydrogen) atoms. The van der Waals surface area contributed by atoms with E-state index >= 15 is 0 Å². The number of non-ortho nitro benzene ring substituents is 1. The van der Waals surface area contributed by atoms with E-state index in [9.17, 15) is 14.9 Å². The van der Waals surface area contributed by atoms with Crippen molar-refractivity contribution < 1.29 is 9.72 Å². The van der Waals surface area contributed by atoms with Crippen LogP contribution >= 0.6 is 59.6 Å². The Morgan fingerprint density at radius 2 is 1.90 bits per heavy atom. The molecule has 2 aromatic carbocycles. The molecule has 0 aliphatic rings. The van der Waals surface area contributed by atoms with Gasteiger partial charge in [0.05, 0.1) is 21.9 Å². The van der Waals surface area contributed by atoms with Gasteiger partial charge in [0.25, 0.3) is 5.69 Å². The quantitative estimate of drug-likeness (QED) is 0.177. The van der Waals surface area contributed by atoms with Gasteiger partial charge in [-0.05, 0) is 50.1 Å². The molecule has 1 amide bonds. The molecule has 158 valence electrons. The molecule has 0 aliphatic carbocycles. The standard InChI is InChI=1S/C18H11Br3N6O3S/c1-26-13-3-2-8(19)4-10(13)15-17(26)23-18(25-24-15)31-7-14(28)22-16-11(20)5-9(27(29)30)6-12(16)21/h2-6H,7H2,1H3,(H,22,28). The van der Waals surface area contributed by atoms with Crippen LogP contribution in [-0.4, -0.2) is 36.3 Å². The molecule has 0 unspecified atom stereocenters. The molecular formula is C18H11Br3N6O3S. The zero-order valence-corrected chi connectivity index (χ0v) is 21.2. The number of hydrogen-bond acceptors (Lipinski definition) is 7. The highest BCUT2D eigenvalue weighted by Crippen LogP contribution is 2.35. The first-order valence-electron chi connectivity index (χ1n) is 8.59. The summed E-state index contributed by atoms with van der Waals surface area (Å²) in [7, 11) is 1.90. The van der Waals surface area contributed by atoms with E-state index in [2.05, 4.69) is 68.3 Å². The van der Waals surface area contributed by atoms with Gasteiger partial charge in [-0.15, -0.1) is 10.2 Å². The summed E-state index contributed by atoms with van der Waals surface area (Å²) in [5, 5.41) is 23.4. The number of nitrogens with zero attached hydrogens (tertiary/aromatic N) is 5. The summed E-state index contributed by atoms with van der Waals surface area (Å²) in [6.07, 6.45) is 0. The third-order valence-corrected chi connectivity index (χ3v) is 6.96. The zero-order chi connectivity index (χ0) is 22.3. The van der Waals surface area contributed by atoms with Crippen LogP contribution in [0.2, 0.25) is 0 Å². The second-order valence-electron chi connectivity index (χ2n) is 6.37. The van der Waals surface area contributed by atoms with Crippen molar-refractivity contribution in [2.75, 3.05) is 11.1 Å². The third kappa shape index (κ3) is 4.45. The highest BCUT2D eigenvalue weighted by molar-refractivity contribution is 9.11. The number of aromatic nitrogens is 4. The number of halogens is 3. The minimum atomic E-state index is -0.511. The number of thioether (sulfide) groups is 1. The summed E-state index contributed by atoms with van der Waals surface area (Å²) in [6.45, 7) is 0. The molecule has 2 aromatic heterocycles. The molecule has 0 radical (unpaired) electrons. The van der Waals surface area contributed by atoms with Gasteiger partial charge in [-0.2, -0.15) is 0 Å². The van der Waals surface area contributed by atoms with E-state index in [0.717, 1.165) is 27.1 Å². The molecule has 1 N–H and O–H groups in total. The lowest BCUT2D eigenvalue weighted by molar-refractivity contribution is -0.385. The maximum atomic E-state index is 12.4. The van der Waals surface area contributed by atoms with Gasteiger partial charge in [0.1, 0.15) is 5.52 Å². The molecule has 9 nitrogen and oxygen atoms in total. The van der Waals surface area contributed by atoms with Crippen molar-refractivity contribution >= 4 is 98.9 Å². The monoisotopic (exact) mass is 628 g/mol. The van der Waals surface area contributed by atoms with Crippen molar-refractivity contribution in [1.82, 2.24) is 19.7 Å². The van der Waals surface area contributed by atoms with Gasteiger partial charge in [0.15, 0.2) is 5.65 Å². The smallest absolute Gasteiger partial charge is 0.271 e. The van der Waals surface area contributed by atoms with Crippen molar-refractivity contribution in [2.45, 2.75) is 5.16 Å². The Labute approximate surface area is 204 Å². The second kappa shape index (κ2) is 8.81. The van der Waals surface area contributed by atoms with Gasteiger partial charge in [-0.3, -0.25) is 14.9 Å². The van der Waals surface area contributed by atoms with Crippen molar-refractivity contribution in [2.24, 2.45) is 7.05 Å². The normalized spacial score (nSPS) is 11.2. The summed E-state index contributed by atoms with van der Waals surface area (Å²) in [4.78, 5) is 27.4. The minimum Gasteiger partial charge on any atom is -0.327 e. The number of benzene rings is 2. The molecule has 0 saturated heterocycles. The number of amides is 1. The number of carbonyl (C=O) groups excluding carboxylic acids is 1. The summed E-state index contributed by atoms with van der Waals surface area (Å²) in [6, 6.07) is 8.54. The van der Waals surface area contributed by atoms with Gasteiger partial charge in [-0.1, -0.05) is 27.7 Å². The third-order valence-electron chi connectivity index (χ3n) is 4.38. The van der Waals surface area contributed by atoms with Crippen LogP contribution in [0, 0.1) is 10.1 Å². The van der Waals surface area contributed by atoms with Crippen LogP contribution in [-0.2, 0) is 11.8 Å². The highest BCUT2D eigenvalue weighted by atomic mass is 79.9. The Hall–Kier alpha value is -2.09. The van der Waals surface area contributed by atoms with Crippen LogP contribution < -0.4 is 5.32 Å². The van der Waals surface area contributed by atoms with E-state index < -0.39 is 4.92 Å². The molecule has 4 aromatic rings.